The van der Waals surface area contributed by atoms with Gasteiger partial charge in [0, 0.05) is 30.4 Å². The molecule has 1 fully saturated rings. The second-order valence-electron chi connectivity index (χ2n) is 13.7. The molecule has 0 radical (unpaired) electrons. The number of carbonyl (C=O) groups is 2. The number of amides is 1. The number of aromatic nitrogens is 1. The Morgan fingerprint density at radius 2 is 1.61 bits per heavy atom. The largest absolute Gasteiger partial charge is 0.760 e. The SMILES string of the molecule is CNC(=O)c1c(-c2ccc(C)cc2)oc2nc(CN(CCCC(C)C(=O)OCOP(=O)(OCc3ccccc3)OCc3ccccc3)S(=O)[O-])c(C3CC3)cc12. The Hall–Kier alpha value is -4.53. The number of phosphoric acid groups is 1. The molecule has 0 bridgehead atoms. The van der Waals surface area contributed by atoms with E-state index in [4.69, 9.17) is 27.7 Å². The molecule has 1 amide bonds. The monoisotopic (exact) mass is 802 g/mol. The number of nitrogens with one attached hydrogen (secondary N) is 1. The van der Waals surface area contributed by atoms with Crippen molar-refractivity contribution in [1.29, 1.82) is 0 Å². The Morgan fingerprint density at radius 3 is 2.18 bits per heavy atom. The van der Waals surface area contributed by atoms with Gasteiger partial charge in [-0.05, 0) is 61.3 Å². The van der Waals surface area contributed by atoms with E-state index in [-0.39, 0.29) is 43.8 Å². The summed E-state index contributed by atoms with van der Waals surface area (Å²) in [5.74, 6) is -0.964. The van der Waals surface area contributed by atoms with Gasteiger partial charge in [0.1, 0.15) is 5.76 Å². The van der Waals surface area contributed by atoms with E-state index in [1.807, 2.05) is 73.7 Å². The van der Waals surface area contributed by atoms with E-state index in [1.165, 1.54) is 4.31 Å². The summed E-state index contributed by atoms with van der Waals surface area (Å²) in [7, 11) is -2.59. The number of carbonyl (C=O) groups excluding carboxylic acids is 2. The third-order valence-corrected chi connectivity index (χ3v) is 11.5. The summed E-state index contributed by atoms with van der Waals surface area (Å²) in [6.45, 7) is 2.97. The predicted octanol–water partition coefficient (Wildman–Crippen LogP) is 8.11. The Balaban J connectivity index is 1.07. The zero-order valence-corrected chi connectivity index (χ0v) is 33.2. The number of nitrogens with zero attached hydrogens (tertiary/aromatic N) is 2. The van der Waals surface area contributed by atoms with Crippen molar-refractivity contribution in [3.8, 4) is 11.3 Å². The van der Waals surface area contributed by atoms with Gasteiger partial charge in [0.15, 0.2) is 0 Å². The van der Waals surface area contributed by atoms with Gasteiger partial charge < -0.3 is 19.0 Å². The van der Waals surface area contributed by atoms with Gasteiger partial charge in [-0.2, -0.15) is 0 Å². The average Bonchev–Trinajstić information content (AvgIpc) is 3.99. The highest BCUT2D eigenvalue weighted by molar-refractivity contribution is 7.76. The lowest BCUT2D eigenvalue weighted by molar-refractivity contribution is -0.156. The summed E-state index contributed by atoms with van der Waals surface area (Å²) in [5.41, 5.74) is 5.35. The van der Waals surface area contributed by atoms with Crippen molar-refractivity contribution in [3.63, 3.8) is 0 Å². The van der Waals surface area contributed by atoms with Crippen molar-refractivity contribution >= 4 is 42.1 Å². The van der Waals surface area contributed by atoms with Gasteiger partial charge in [0.05, 0.1) is 42.3 Å². The molecule has 13 nitrogen and oxygen atoms in total. The second-order valence-corrected chi connectivity index (χ2v) is 16.3. The molecule has 2 atom stereocenters. The number of esters is 1. The summed E-state index contributed by atoms with van der Waals surface area (Å²) < 4.78 is 67.7. The van der Waals surface area contributed by atoms with Crippen LogP contribution in [0, 0.1) is 12.8 Å². The number of hydrogen-bond donors (Lipinski definition) is 1. The molecule has 2 aromatic heterocycles. The van der Waals surface area contributed by atoms with Crippen LogP contribution >= 0.6 is 7.82 Å². The number of hydrogen-bond acceptors (Lipinski definition) is 11. The maximum absolute atomic E-state index is 13.5. The van der Waals surface area contributed by atoms with E-state index < -0.39 is 37.8 Å². The fourth-order valence-electron chi connectivity index (χ4n) is 6.13. The van der Waals surface area contributed by atoms with Crippen LogP contribution in [0.15, 0.2) is 95.4 Å². The molecule has 0 spiro atoms. The van der Waals surface area contributed by atoms with E-state index in [2.05, 4.69) is 5.32 Å². The molecule has 1 aliphatic rings. The van der Waals surface area contributed by atoms with E-state index in [0.717, 1.165) is 40.7 Å². The minimum absolute atomic E-state index is 0.0122. The predicted molar refractivity (Wildman–Crippen MR) is 209 cm³/mol. The van der Waals surface area contributed by atoms with Gasteiger partial charge in [-0.1, -0.05) is 97.4 Å². The molecule has 1 aliphatic carbocycles. The van der Waals surface area contributed by atoms with Crippen LogP contribution in [0.2, 0.25) is 0 Å². The molecule has 1 saturated carbocycles. The highest BCUT2D eigenvalue weighted by atomic mass is 32.2. The highest BCUT2D eigenvalue weighted by Gasteiger charge is 2.32. The van der Waals surface area contributed by atoms with Crippen LogP contribution in [0.25, 0.3) is 22.4 Å². The quantitative estimate of drug-likeness (QED) is 0.0349. The molecule has 56 heavy (non-hydrogen) atoms. The van der Waals surface area contributed by atoms with Crippen molar-refractivity contribution < 1.29 is 45.6 Å². The normalized spacial score (nSPS) is 14.2. The number of fused-ring (bicyclic) bond motifs is 1. The first-order valence-electron chi connectivity index (χ1n) is 18.4. The maximum Gasteiger partial charge on any atom is 0.478 e. The molecule has 6 rings (SSSR count). The Bertz CT molecular complexity index is 2130. The summed E-state index contributed by atoms with van der Waals surface area (Å²) in [5, 5.41) is 3.27. The van der Waals surface area contributed by atoms with Crippen LogP contribution in [0.3, 0.4) is 0 Å². The summed E-state index contributed by atoms with van der Waals surface area (Å²) in [6.07, 6.45) is 2.49. The van der Waals surface area contributed by atoms with E-state index in [1.54, 1.807) is 38.2 Å². The zero-order valence-electron chi connectivity index (χ0n) is 31.5. The van der Waals surface area contributed by atoms with Crippen molar-refractivity contribution in [2.45, 2.75) is 65.2 Å². The van der Waals surface area contributed by atoms with Gasteiger partial charge in [0.2, 0.25) is 12.5 Å². The van der Waals surface area contributed by atoms with Crippen LogP contribution in [-0.2, 0) is 58.7 Å². The van der Waals surface area contributed by atoms with Crippen molar-refractivity contribution in [2.24, 2.45) is 5.92 Å². The van der Waals surface area contributed by atoms with Gasteiger partial charge in [0.25, 0.3) is 5.91 Å². The van der Waals surface area contributed by atoms with Crippen LogP contribution in [-0.4, -0.2) is 50.3 Å². The molecule has 5 aromatic rings. The van der Waals surface area contributed by atoms with E-state index in [0.29, 0.717) is 35.2 Å². The minimum atomic E-state index is -4.15. The molecule has 1 N–H and O–H groups in total. The summed E-state index contributed by atoms with van der Waals surface area (Å²) in [4.78, 5) is 30.8. The fourth-order valence-corrected chi connectivity index (χ4v) is 7.66. The van der Waals surface area contributed by atoms with Crippen molar-refractivity contribution in [2.75, 3.05) is 20.4 Å². The van der Waals surface area contributed by atoms with Crippen LogP contribution in [0.5, 0.6) is 0 Å². The third kappa shape index (κ3) is 10.9. The zero-order chi connectivity index (χ0) is 39.7. The molecule has 296 valence electrons. The number of benzene rings is 3. The van der Waals surface area contributed by atoms with Crippen LogP contribution in [0.4, 0.5) is 0 Å². The molecule has 15 heteroatoms. The minimum Gasteiger partial charge on any atom is -0.760 e. The highest BCUT2D eigenvalue weighted by Crippen LogP contribution is 2.51. The first-order chi connectivity index (χ1) is 27.0. The Morgan fingerprint density at radius 1 is 0.982 bits per heavy atom. The van der Waals surface area contributed by atoms with Gasteiger partial charge in [-0.25, -0.2) is 18.4 Å². The molecule has 0 aliphatic heterocycles. The van der Waals surface area contributed by atoms with Crippen molar-refractivity contribution in [1.82, 2.24) is 14.6 Å². The number of pyridine rings is 1. The standard InChI is InChI=1S/C41H46N3O10PS/c1-28-16-18-33(19-17-28)38-37(39(45)42-3)35-23-34(32-20-21-32)36(43-40(35)54-38)24-44(56(48)49)22-10-11-29(2)41(46)50-27-53-55(47,51-25-30-12-6-4-7-13-30)52-26-31-14-8-5-9-15-31/h4-9,12-19,23,29,32H,10-11,20-22,24-27H2,1-3H3,(H,42,45)(H,48,49)/p-1. The van der Waals surface area contributed by atoms with Gasteiger partial charge in [-0.15, -0.1) is 0 Å². The lowest BCUT2D eigenvalue weighted by atomic mass is 10.0. The first-order valence-corrected chi connectivity index (χ1v) is 20.9. The Kier molecular flexibility index (Phi) is 14.0. The molecular formula is C41H45N3O10PS-. The molecule has 2 unspecified atom stereocenters. The topological polar surface area (TPSA) is 170 Å². The molecular weight excluding hydrogens is 758 g/mol. The summed E-state index contributed by atoms with van der Waals surface area (Å²) in [6, 6.07) is 27.7. The number of aryl methyl sites for hydroxylation is 1. The molecule has 0 saturated heterocycles. The summed E-state index contributed by atoms with van der Waals surface area (Å²) >= 11 is -2.60. The smallest absolute Gasteiger partial charge is 0.478 e. The van der Waals surface area contributed by atoms with Crippen LogP contribution in [0.1, 0.15) is 76.8 Å². The lowest BCUT2D eigenvalue weighted by Crippen LogP contribution is -2.28. The van der Waals surface area contributed by atoms with Crippen molar-refractivity contribution in [3.05, 3.63) is 125 Å². The number of ether oxygens (including phenoxy) is 1. The second kappa shape index (κ2) is 19.1. The van der Waals surface area contributed by atoms with E-state index in [9.17, 15) is 22.9 Å². The number of furan rings is 1. The van der Waals surface area contributed by atoms with E-state index >= 15 is 0 Å². The average molecular weight is 803 g/mol. The number of phosphoric ester groups is 1. The van der Waals surface area contributed by atoms with Crippen LogP contribution < -0.4 is 5.32 Å². The third-order valence-electron chi connectivity index (χ3n) is 9.44. The maximum atomic E-state index is 13.5. The van der Waals surface area contributed by atoms with Gasteiger partial charge >= 0.3 is 13.8 Å². The first kappa shape index (κ1) is 41.1. The lowest BCUT2D eigenvalue weighted by Gasteiger charge is -2.25. The fraction of sp³-hybridized carbons (Fsp3) is 0.341. The molecule has 2 heterocycles. The molecule has 3 aromatic carbocycles. The number of rotatable bonds is 20. The van der Waals surface area contributed by atoms with Gasteiger partial charge in [-0.3, -0.25) is 22.8 Å². The Labute approximate surface area is 328 Å².